The molecule has 2 saturated carbocycles. The Kier molecular flexibility index (Phi) is 5.97. The minimum atomic E-state index is 0.328. The van der Waals surface area contributed by atoms with Crippen LogP contribution in [-0.4, -0.2) is 43.1 Å². The quantitative estimate of drug-likeness (QED) is 0.535. The Morgan fingerprint density at radius 2 is 1.84 bits per heavy atom. The number of aromatic nitrogens is 5. The second-order valence-electron chi connectivity index (χ2n) is 8.91. The molecule has 3 heterocycles. The number of hydrogen-bond acceptors (Lipinski definition) is 7. The molecule has 0 unspecified atom stereocenters. The average Bonchev–Trinajstić information content (AvgIpc) is 3.46. The summed E-state index contributed by atoms with van der Waals surface area (Å²) < 4.78 is 2.26. The molecule has 31 heavy (non-hydrogen) atoms. The summed E-state index contributed by atoms with van der Waals surface area (Å²) in [6.45, 7) is 0.747. The van der Waals surface area contributed by atoms with Crippen molar-refractivity contribution in [3.63, 3.8) is 0 Å². The molecule has 4 N–H and O–H groups in total. The number of fused-ring (bicyclic) bond motifs is 1. The monoisotopic (exact) mass is 420 g/mol. The van der Waals surface area contributed by atoms with Crippen molar-refractivity contribution in [2.75, 3.05) is 17.2 Å². The maximum Gasteiger partial charge on any atom is 0.227 e. The molecule has 5 rings (SSSR count). The van der Waals surface area contributed by atoms with Crippen LogP contribution in [0.1, 0.15) is 63.1 Å². The first kappa shape index (κ1) is 20.2. The highest BCUT2D eigenvalue weighted by Crippen LogP contribution is 2.33. The van der Waals surface area contributed by atoms with Gasteiger partial charge in [0.2, 0.25) is 5.95 Å². The molecule has 0 radical (unpaired) electrons. The Labute approximate surface area is 183 Å². The predicted octanol–water partition coefficient (Wildman–Crippen LogP) is 3.67. The molecule has 0 saturated heterocycles. The molecule has 8 nitrogen and oxygen atoms in total. The molecule has 164 valence electrons. The molecule has 2 aliphatic rings. The number of nitrogens with two attached hydrogens (primary N) is 1. The topological polar surface area (TPSA) is 107 Å². The minimum Gasteiger partial charge on any atom is -0.368 e. The van der Waals surface area contributed by atoms with E-state index in [9.17, 15) is 0 Å². The number of rotatable bonds is 7. The molecule has 8 heteroatoms. The number of anilines is 2. The lowest BCUT2D eigenvalue weighted by molar-refractivity contribution is 0.410. The van der Waals surface area contributed by atoms with E-state index >= 15 is 0 Å². The van der Waals surface area contributed by atoms with Crippen molar-refractivity contribution in [1.82, 2.24) is 24.5 Å². The molecule has 0 spiro atoms. The largest absolute Gasteiger partial charge is 0.368 e. The van der Waals surface area contributed by atoms with Crippen LogP contribution in [0, 0.1) is 0 Å². The van der Waals surface area contributed by atoms with Gasteiger partial charge in [-0.3, -0.25) is 4.98 Å². The van der Waals surface area contributed by atoms with Crippen LogP contribution in [0.4, 0.5) is 11.8 Å². The Balaban J connectivity index is 1.39. The second kappa shape index (κ2) is 9.18. The van der Waals surface area contributed by atoms with E-state index in [4.69, 9.17) is 20.7 Å². The highest BCUT2D eigenvalue weighted by atomic mass is 15.2. The van der Waals surface area contributed by atoms with Crippen LogP contribution in [-0.2, 0) is 6.42 Å². The number of nitrogens with zero attached hydrogens (tertiary/aromatic N) is 5. The second-order valence-corrected chi connectivity index (χ2v) is 8.91. The smallest absolute Gasteiger partial charge is 0.227 e. The lowest BCUT2D eigenvalue weighted by atomic mass is 9.92. The van der Waals surface area contributed by atoms with E-state index in [1.807, 2.05) is 30.7 Å². The van der Waals surface area contributed by atoms with E-state index in [1.54, 1.807) is 0 Å². The molecule has 0 amide bonds. The first-order chi connectivity index (χ1) is 15.3. The van der Waals surface area contributed by atoms with E-state index in [1.165, 1.54) is 25.7 Å². The van der Waals surface area contributed by atoms with E-state index in [0.717, 1.165) is 61.3 Å². The summed E-state index contributed by atoms with van der Waals surface area (Å²) in [7, 11) is 0. The van der Waals surface area contributed by atoms with Crippen LogP contribution in [0.25, 0.3) is 11.2 Å². The van der Waals surface area contributed by atoms with Gasteiger partial charge in [0.1, 0.15) is 0 Å². The van der Waals surface area contributed by atoms with Crippen LogP contribution in [0.15, 0.2) is 30.7 Å². The number of imidazole rings is 1. The van der Waals surface area contributed by atoms with Crippen molar-refractivity contribution in [2.45, 2.75) is 75.9 Å². The van der Waals surface area contributed by atoms with Crippen molar-refractivity contribution in [3.05, 3.63) is 36.4 Å². The Morgan fingerprint density at radius 1 is 1.00 bits per heavy atom. The normalized spacial score (nSPS) is 22.1. The van der Waals surface area contributed by atoms with Gasteiger partial charge < -0.3 is 20.9 Å². The molecular formula is C23H32N8. The van der Waals surface area contributed by atoms with Gasteiger partial charge in [0, 0.05) is 43.0 Å². The van der Waals surface area contributed by atoms with Crippen molar-refractivity contribution >= 4 is 22.9 Å². The van der Waals surface area contributed by atoms with Gasteiger partial charge in [-0.2, -0.15) is 9.97 Å². The molecule has 0 aromatic carbocycles. The van der Waals surface area contributed by atoms with Crippen molar-refractivity contribution in [1.29, 1.82) is 0 Å². The zero-order valence-electron chi connectivity index (χ0n) is 18.0. The van der Waals surface area contributed by atoms with Gasteiger partial charge in [-0.25, -0.2) is 4.98 Å². The summed E-state index contributed by atoms with van der Waals surface area (Å²) in [6.07, 6.45) is 13.8. The Bertz CT molecular complexity index is 987. The fourth-order valence-electron chi connectivity index (χ4n) is 4.86. The molecule has 0 bridgehead atoms. The van der Waals surface area contributed by atoms with Gasteiger partial charge in [0.05, 0.1) is 6.33 Å². The molecule has 2 aliphatic carbocycles. The standard InChI is InChI=1S/C23H32N8/c24-16-8-10-18(11-9-16)28-23-29-21(26-14-12-17-5-3-4-13-25-17)20-22(30-23)31(15-27-20)19-6-1-2-7-19/h3-5,13,15-16,18-19H,1-2,6-12,14,24H2,(H2,26,28,29,30). The summed E-state index contributed by atoms with van der Waals surface area (Å²) in [6, 6.07) is 7.20. The molecule has 2 fully saturated rings. The van der Waals surface area contributed by atoms with Crippen LogP contribution >= 0.6 is 0 Å². The molecule has 0 atom stereocenters. The first-order valence-corrected chi connectivity index (χ1v) is 11.7. The van der Waals surface area contributed by atoms with Gasteiger partial charge in [0.25, 0.3) is 0 Å². The third-order valence-corrected chi connectivity index (χ3v) is 6.64. The predicted molar refractivity (Wildman–Crippen MR) is 123 cm³/mol. The zero-order chi connectivity index (χ0) is 21.0. The van der Waals surface area contributed by atoms with Gasteiger partial charge in [0.15, 0.2) is 17.0 Å². The fourth-order valence-corrected chi connectivity index (χ4v) is 4.86. The molecular weight excluding hydrogens is 388 g/mol. The zero-order valence-corrected chi connectivity index (χ0v) is 18.0. The van der Waals surface area contributed by atoms with Crippen molar-refractivity contribution in [2.24, 2.45) is 5.73 Å². The van der Waals surface area contributed by atoms with Gasteiger partial charge in [-0.05, 0) is 50.7 Å². The maximum atomic E-state index is 6.08. The Morgan fingerprint density at radius 3 is 2.61 bits per heavy atom. The average molecular weight is 421 g/mol. The maximum absolute atomic E-state index is 6.08. The first-order valence-electron chi connectivity index (χ1n) is 11.7. The fraction of sp³-hybridized carbons (Fsp3) is 0.565. The molecule has 3 aromatic rings. The van der Waals surface area contributed by atoms with Gasteiger partial charge >= 0.3 is 0 Å². The minimum absolute atomic E-state index is 0.328. The summed E-state index contributed by atoms with van der Waals surface area (Å²) in [5.41, 5.74) is 8.92. The summed E-state index contributed by atoms with van der Waals surface area (Å²) in [5, 5.41) is 7.08. The van der Waals surface area contributed by atoms with E-state index < -0.39 is 0 Å². The molecule has 3 aromatic heterocycles. The summed E-state index contributed by atoms with van der Waals surface area (Å²) in [4.78, 5) is 18.9. The van der Waals surface area contributed by atoms with Crippen LogP contribution in [0.2, 0.25) is 0 Å². The van der Waals surface area contributed by atoms with Crippen LogP contribution < -0.4 is 16.4 Å². The number of pyridine rings is 1. The van der Waals surface area contributed by atoms with E-state index in [-0.39, 0.29) is 0 Å². The number of hydrogen-bond donors (Lipinski definition) is 3. The lowest BCUT2D eigenvalue weighted by Crippen LogP contribution is -2.33. The van der Waals surface area contributed by atoms with Crippen LogP contribution in [0.5, 0.6) is 0 Å². The summed E-state index contributed by atoms with van der Waals surface area (Å²) in [5.74, 6) is 1.49. The highest BCUT2D eigenvalue weighted by Gasteiger charge is 2.23. The van der Waals surface area contributed by atoms with Crippen LogP contribution in [0.3, 0.4) is 0 Å². The molecule has 0 aliphatic heterocycles. The van der Waals surface area contributed by atoms with Crippen molar-refractivity contribution < 1.29 is 0 Å². The van der Waals surface area contributed by atoms with Gasteiger partial charge in [-0.15, -0.1) is 0 Å². The highest BCUT2D eigenvalue weighted by molar-refractivity contribution is 5.84. The van der Waals surface area contributed by atoms with E-state index in [0.29, 0.717) is 24.1 Å². The third-order valence-electron chi connectivity index (χ3n) is 6.64. The Hall–Kier alpha value is -2.74. The third kappa shape index (κ3) is 4.63. The van der Waals surface area contributed by atoms with E-state index in [2.05, 4.69) is 20.2 Å². The number of nitrogens with one attached hydrogen (secondary N) is 2. The van der Waals surface area contributed by atoms with Crippen molar-refractivity contribution in [3.8, 4) is 0 Å². The van der Waals surface area contributed by atoms with Gasteiger partial charge in [-0.1, -0.05) is 18.9 Å². The lowest BCUT2D eigenvalue weighted by Gasteiger charge is -2.27. The SMILES string of the molecule is NC1CCC(Nc2nc(NCCc3ccccn3)c3ncn(C4CCCC4)c3n2)CC1. The summed E-state index contributed by atoms with van der Waals surface area (Å²) >= 11 is 0.